The first-order valence-corrected chi connectivity index (χ1v) is 22.3. The van der Waals surface area contributed by atoms with E-state index < -0.39 is 84.6 Å². The topological polar surface area (TPSA) is 384 Å². The zero-order chi connectivity index (χ0) is 43.1. The number of aliphatic hydroxyl groups excluding tert-OH is 2. The number of phenols is 1. The third kappa shape index (κ3) is 13.8. The van der Waals surface area contributed by atoms with Gasteiger partial charge < -0.3 is 56.0 Å². The molecule has 1 aromatic carbocycles. The van der Waals surface area contributed by atoms with Crippen molar-refractivity contribution >= 4 is 69.1 Å². The molecule has 1 fully saturated rings. The largest absolute Gasteiger partial charge is 0.508 e. The number of nitrogens with two attached hydrogens (primary N) is 1. The number of phosphoric ester groups is 3. The first-order chi connectivity index (χ1) is 27.0. The van der Waals surface area contributed by atoms with E-state index in [4.69, 9.17) is 19.5 Å². The molecule has 2 amide bonds. The molecule has 11 N–H and O–H groups in total. The van der Waals surface area contributed by atoms with E-state index in [2.05, 4.69) is 34.4 Å². The van der Waals surface area contributed by atoms with Crippen LogP contribution >= 0.6 is 35.2 Å². The third-order valence-electron chi connectivity index (χ3n) is 8.05. The number of fused-ring (bicyclic) bond motifs is 1. The van der Waals surface area contributed by atoms with E-state index in [1.54, 1.807) is 12.1 Å². The molecule has 58 heavy (non-hydrogen) atoms. The molecule has 3 aromatic rings. The van der Waals surface area contributed by atoms with Crippen LogP contribution < -0.4 is 16.4 Å². The fourth-order valence-electron chi connectivity index (χ4n) is 5.13. The SMILES string of the molecule is CC(C)(COP(=O)(O)OP(=O)(O)OCC1OC(n2cnc3c(N)ncnc32)C(O)C1OP(=O)(O)O)C(O)C(=O)NCCC(=O)NCCSC(=O)Cc1ccc(O)cc1. The van der Waals surface area contributed by atoms with Crippen LogP contribution in [0.2, 0.25) is 0 Å². The molecule has 0 spiro atoms. The molecular formula is C29H42N7O18P3S. The quantitative estimate of drug-likeness (QED) is 0.0481. The number of rotatable bonds is 21. The van der Waals surface area contributed by atoms with Gasteiger partial charge in [-0.25, -0.2) is 28.6 Å². The summed E-state index contributed by atoms with van der Waals surface area (Å²) in [7, 11) is -16.4. The van der Waals surface area contributed by atoms with Crippen LogP contribution in [0.3, 0.4) is 0 Å². The maximum atomic E-state index is 12.7. The first-order valence-electron chi connectivity index (χ1n) is 16.8. The van der Waals surface area contributed by atoms with Crippen LogP contribution in [0.15, 0.2) is 36.9 Å². The molecule has 25 nitrogen and oxygen atoms in total. The maximum absolute atomic E-state index is 12.7. The van der Waals surface area contributed by atoms with Gasteiger partial charge in [0, 0.05) is 37.1 Å². The first kappa shape index (κ1) is 47.3. The smallest absolute Gasteiger partial charge is 0.481 e. The van der Waals surface area contributed by atoms with Gasteiger partial charge in [-0.1, -0.05) is 37.7 Å². The lowest BCUT2D eigenvalue weighted by atomic mass is 9.87. The van der Waals surface area contributed by atoms with Crippen molar-refractivity contribution in [1.29, 1.82) is 0 Å². The fraction of sp³-hybridized carbons (Fsp3) is 0.517. The van der Waals surface area contributed by atoms with Crippen molar-refractivity contribution in [2.75, 3.05) is 37.8 Å². The molecule has 0 radical (unpaired) electrons. The number of hydrogen-bond acceptors (Lipinski definition) is 19. The van der Waals surface area contributed by atoms with Crippen LogP contribution in [0, 0.1) is 5.41 Å². The maximum Gasteiger partial charge on any atom is 0.481 e. The number of nitrogens with one attached hydrogen (secondary N) is 2. The summed E-state index contributed by atoms with van der Waals surface area (Å²) in [6.07, 6.45) is -6.86. The van der Waals surface area contributed by atoms with Crippen molar-refractivity contribution in [2.24, 2.45) is 5.41 Å². The number of amides is 2. The van der Waals surface area contributed by atoms with E-state index >= 15 is 0 Å². The Bertz CT molecular complexity index is 2070. The molecule has 7 atom stereocenters. The second kappa shape index (κ2) is 19.8. The molecule has 7 unspecified atom stereocenters. The normalized spacial score (nSPS) is 21.2. The summed E-state index contributed by atoms with van der Waals surface area (Å²) in [6.45, 7) is 0.375. The van der Waals surface area contributed by atoms with E-state index in [1.165, 1.54) is 26.0 Å². The summed E-state index contributed by atoms with van der Waals surface area (Å²) in [5, 5.41) is 35.5. The number of phosphoric acid groups is 3. The Kier molecular flexibility index (Phi) is 16.1. The predicted molar refractivity (Wildman–Crippen MR) is 199 cm³/mol. The van der Waals surface area contributed by atoms with Gasteiger partial charge in [-0.05, 0) is 17.7 Å². The number of carbonyl (C=O) groups excluding carboxylic acids is 3. The average molecular weight is 902 g/mol. The second-order valence-electron chi connectivity index (χ2n) is 13.1. The Morgan fingerprint density at radius 2 is 1.69 bits per heavy atom. The van der Waals surface area contributed by atoms with E-state index in [-0.39, 0.29) is 59.5 Å². The Labute approximate surface area is 333 Å². The van der Waals surface area contributed by atoms with E-state index in [0.717, 1.165) is 34.5 Å². The summed E-state index contributed by atoms with van der Waals surface area (Å²) in [6, 6.07) is 6.17. The molecule has 322 valence electrons. The number of anilines is 1. The standard InChI is InChI=1S/C29H42N7O18P3S/c1-29(2,24(41)27(42)32-8-7-19(38)31-9-10-58-20(39)11-16-3-5-17(37)6-4-16)13-51-57(48,49)54-56(46,47)50-12-18-23(53-55(43,44)45)22(40)28(52-18)36-15-35-21-25(30)33-14-34-26(21)36/h3-6,14-15,18,22-24,28,37,40-41H,7-13H2,1-2H3,(H,31,38)(H,32,42)(H,46,47)(H,48,49)(H2,30,33,34)(H2,43,44,45). The number of imidazole rings is 1. The number of aliphatic hydroxyl groups is 2. The minimum absolute atomic E-state index is 0.0252. The van der Waals surface area contributed by atoms with E-state index in [0.29, 0.717) is 0 Å². The number of thioether (sulfide) groups is 1. The zero-order valence-corrected chi connectivity index (χ0v) is 34.0. The summed E-state index contributed by atoms with van der Waals surface area (Å²) >= 11 is 1.01. The highest BCUT2D eigenvalue weighted by Gasteiger charge is 2.50. The number of ether oxygens (including phenoxy) is 1. The molecule has 0 bridgehead atoms. The lowest BCUT2D eigenvalue weighted by Gasteiger charge is -2.30. The van der Waals surface area contributed by atoms with Crippen molar-refractivity contribution in [3.8, 4) is 5.75 Å². The minimum atomic E-state index is -5.58. The molecule has 29 heteroatoms. The van der Waals surface area contributed by atoms with Crippen LogP contribution in [0.1, 0.15) is 32.1 Å². The van der Waals surface area contributed by atoms with Gasteiger partial charge in [-0.15, -0.1) is 0 Å². The van der Waals surface area contributed by atoms with Crippen LogP contribution in [0.4, 0.5) is 5.82 Å². The highest BCUT2D eigenvalue weighted by molar-refractivity contribution is 8.13. The molecule has 2 aromatic heterocycles. The van der Waals surface area contributed by atoms with Gasteiger partial charge in [0.25, 0.3) is 0 Å². The highest BCUT2D eigenvalue weighted by atomic mass is 32.2. The number of nitrogens with zero attached hydrogens (tertiary/aromatic N) is 4. The summed E-state index contributed by atoms with van der Waals surface area (Å²) in [5.41, 5.74) is 4.95. The molecule has 1 aliphatic rings. The van der Waals surface area contributed by atoms with Gasteiger partial charge in [0.1, 0.15) is 42.0 Å². The van der Waals surface area contributed by atoms with Gasteiger partial charge in [-0.2, -0.15) is 4.31 Å². The number of carbonyl (C=O) groups is 3. The Morgan fingerprint density at radius 1 is 1.02 bits per heavy atom. The Morgan fingerprint density at radius 3 is 2.36 bits per heavy atom. The number of benzene rings is 1. The molecule has 3 heterocycles. The Hall–Kier alpha value is -3.42. The monoisotopic (exact) mass is 901 g/mol. The van der Waals surface area contributed by atoms with Crippen LogP contribution in [-0.2, 0) is 57.1 Å². The number of hydrogen-bond donors (Lipinski definition) is 10. The average Bonchev–Trinajstić information content (AvgIpc) is 3.69. The zero-order valence-electron chi connectivity index (χ0n) is 30.5. The predicted octanol–water partition coefficient (Wildman–Crippen LogP) is -0.387. The number of aromatic nitrogens is 4. The minimum Gasteiger partial charge on any atom is -0.508 e. The van der Waals surface area contributed by atoms with Gasteiger partial charge in [0.05, 0.1) is 19.5 Å². The molecular weight excluding hydrogens is 859 g/mol. The summed E-state index contributed by atoms with van der Waals surface area (Å²) in [4.78, 5) is 87.8. The number of aromatic hydroxyl groups is 1. The molecule has 1 aliphatic heterocycles. The second-order valence-corrected chi connectivity index (χ2v) is 18.5. The summed E-state index contributed by atoms with van der Waals surface area (Å²) < 4.78 is 62.1. The molecule has 0 saturated carbocycles. The third-order valence-corrected chi connectivity index (χ3v) is 12.0. The van der Waals surface area contributed by atoms with Gasteiger partial charge in [0.15, 0.2) is 22.8 Å². The van der Waals surface area contributed by atoms with E-state index in [9.17, 15) is 63.0 Å². The fourth-order valence-corrected chi connectivity index (χ4v) is 8.66. The van der Waals surface area contributed by atoms with Crippen molar-refractivity contribution in [2.45, 2.75) is 57.3 Å². The van der Waals surface area contributed by atoms with Crippen LogP contribution in [-0.4, -0.2) is 128 Å². The molecule has 1 saturated heterocycles. The van der Waals surface area contributed by atoms with Gasteiger partial charge in [0.2, 0.25) is 11.8 Å². The van der Waals surface area contributed by atoms with Crippen LogP contribution in [0.25, 0.3) is 11.2 Å². The van der Waals surface area contributed by atoms with Crippen molar-refractivity contribution in [1.82, 2.24) is 30.2 Å². The number of phenolic OH excluding ortho intramolecular Hbond substituents is 1. The van der Waals surface area contributed by atoms with Gasteiger partial charge >= 0.3 is 23.5 Å². The van der Waals surface area contributed by atoms with E-state index in [1.807, 2.05) is 0 Å². The van der Waals surface area contributed by atoms with Crippen molar-refractivity contribution < 1.29 is 85.6 Å². The summed E-state index contributed by atoms with van der Waals surface area (Å²) in [5.74, 6) is -1.15. The van der Waals surface area contributed by atoms with Crippen LogP contribution in [0.5, 0.6) is 5.75 Å². The molecule has 4 rings (SSSR count). The number of nitrogen functional groups attached to an aromatic ring is 1. The van der Waals surface area contributed by atoms with Crippen molar-refractivity contribution in [3.05, 3.63) is 42.5 Å². The lowest BCUT2D eigenvalue weighted by molar-refractivity contribution is -0.137. The van der Waals surface area contributed by atoms with Gasteiger partial charge in [-0.3, -0.25) is 32.5 Å². The highest BCUT2D eigenvalue weighted by Crippen LogP contribution is 2.61. The molecule has 0 aliphatic carbocycles. The van der Waals surface area contributed by atoms with Crippen molar-refractivity contribution in [3.63, 3.8) is 0 Å². The lowest BCUT2D eigenvalue weighted by Crippen LogP contribution is -2.46. The Balaban J connectivity index is 1.21.